The monoisotopic (exact) mass is 218 g/mol. The molecule has 0 aliphatic carbocycles. The molecule has 1 aliphatic rings. The van der Waals surface area contributed by atoms with Crippen LogP contribution in [-0.2, 0) is 13.1 Å². The fourth-order valence-corrected chi connectivity index (χ4v) is 1.85. The average Bonchev–Trinajstić information content (AvgIpc) is 2.54. The summed E-state index contributed by atoms with van der Waals surface area (Å²) in [6, 6.07) is 3.97. The summed E-state index contributed by atoms with van der Waals surface area (Å²) in [5.74, 6) is 0. The van der Waals surface area contributed by atoms with E-state index in [0.717, 1.165) is 18.1 Å². The topological polar surface area (TPSA) is 24.1 Å². The molecule has 0 spiro atoms. The van der Waals surface area contributed by atoms with E-state index in [4.69, 9.17) is 11.6 Å². The number of fused-ring (bicyclic) bond motifs is 1. The lowest BCUT2D eigenvalue weighted by Crippen LogP contribution is -2.01. The van der Waals surface area contributed by atoms with E-state index in [2.05, 4.69) is 10.6 Å². The molecule has 1 heterocycles. The number of rotatable bonds is 1. The van der Waals surface area contributed by atoms with Gasteiger partial charge in [-0.3, -0.25) is 0 Å². The smallest absolute Gasteiger partial charge is 0.0455 e. The Morgan fingerprint density at radius 1 is 1.31 bits per heavy atom. The van der Waals surface area contributed by atoms with Crippen LogP contribution in [0.5, 0.6) is 0 Å². The number of hydrogen-bond donors (Lipinski definition) is 2. The second-order valence-electron chi connectivity index (χ2n) is 2.91. The molecule has 0 fully saturated rings. The Balaban J connectivity index is 0.000000845. The zero-order chi connectivity index (χ0) is 8.55. The normalized spacial score (nSPS) is 13.4. The summed E-state index contributed by atoms with van der Waals surface area (Å²) in [5.41, 5.74) is 3.73. The van der Waals surface area contributed by atoms with E-state index in [0.29, 0.717) is 0 Å². The van der Waals surface area contributed by atoms with Gasteiger partial charge >= 0.3 is 0 Å². The zero-order valence-electron chi connectivity index (χ0n) is 7.36. The molecular weight excluding hydrogens is 207 g/mol. The van der Waals surface area contributed by atoms with Crippen LogP contribution in [0.3, 0.4) is 0 Å². The molecule has 72 valence electrons. The minimum absolute atomic E-state index is 0. The van der Waals surface area contributed by atoms with Gasteiger partial charge in [-0.2, -0.15) is 0 Å². The van der Waals surface area contributed by atoms with Gasteiger partial charge in [0, 0.05) is 30.8 Å². The Hall–Kier alpha value is -0.440. The summed E-state index contributed by atoms with van der Waals surface area (Å²) in [7, 11) is 1.93. The summed E-state index contributed by atoms with van der Waals surface area (Å²) in [4.78, 5) is 0. The largest absolute Gasteiger partial charge is 0.388 e. The zero-order valence-corrected chi connectivity index (χ0v) is 8.93. The van der Waals surface area contributed by atoms with Crippen LogP contribution in [0.25, 0.3) is 0 Å². The average molecular weight is 219 g/mol. The van der Waals surface area contributed by atoms with Crippen molar-refractivity contribution in [1.29, 1.82) is 0 Å². The predicted molar refractivity (Wildman–Crippen MR) is 58.8 cm³/mol. The van der Waals surface area contributed by atoms with E-state index in [-0.39, 0.29) is 12.4 Å². The molecule has 0 saturated carbocycles. The van der Waals surface area contributed by atoms with E-state index in [1.165, 1.54) is 16.8 Å². The van der Waals surface area contributed by atoms with Crippen molar-refractivity contribution in [2.45, 2.75) is 13.1 Å². The van der Waals surface area contributed by atoms with Crippen molar-refractivity contribution in [1.82, 2.24) is 5.32 Å². The van der Waals surface area contributed by atoms with Crippen molar-refractivity contribution in [2.75, 3.05) is 12.4 Å². The summed E-state index contributed by atoms with van der Waals surface area (Å²) in [6.07, 6.45) is 0. The van der Waals surface area contributed by atoms with Gasteiger partial charge < -0.3 is 10.6 Å². The minimum Gasteiger partial charge on any atom is -0.388 e. The Morgan fingerprint density at radius 2 is 2.00 bits per heavy atom. The minimum atomic E-state index is 0. The third-order valence-electron chi connectivity index (χ3n) is 2.25. The van der Waals surface area contributed by atoms with Crippen LogP contribution in [0.2, 0.25) is 5.02 Å². The molecule has 1 aromatic carbocycles. The van der Waals surface area contributed by atoms with E-state index >= 15 is 0 Å². The highest BCUT2D eigenvalue weighted by atomic mass is 35.5. The SMILES string of the molecule is CNc1ccc(Cl)c2c1CNC2.Cl. The van der Waals surface area contributed by atoms with Crippen molar-refractivity contribution in [3.63, 3.8) is 0 Å². The van der Waals surface area contributed by atoms with Crippen molar-refractivity contribution < 1.29 is 0 Å². The van der Waals surface area contributed by atoms with E-state index < -0.39 is 0 Å². The molecule has 2 rings (SSSR count). The summed E-state index contributed by atoms with van der Waals surface area (Å²) < 4.78 is 0. The maximum Gasteiger partial charge on any atom is 0.0455 e. The van der Waals surface area contributed by atoms with Crippen molar-refractivity contribution in [3.05, 3.63) is 28.3 Å². The van der Waals surface area contributed by atoms with Gasteiger partial charge in [0.25, 0.3) is 0 Å². The first-order valence-corrected chi connectivity index (χ1v) is 4.39. The molecule has 13 heavy (non-hydrogen) atoms. The van der Waals surface area contributed by atoms with Gasteiger partial charge in [0.15, 0.2) is 0 Å². The lowest BCUT2D eigenvalue weighted by molar-refractivity contribution is 0.765. The van der Waals surface area contributed by atoms with Crippen LogP contribution >= 0.6 is 24.0 Å². The fourth-order valence-electron chi connectivity index (χ4n) is 1.60. The van der Waals surface area contributed by atoms with Crippen LogP contribution in [0.4, 0.5) is 5.69 Å². The van der Waals surface area contributed by atoms with Gasteiger partial charge in [-0.1, -0.05) is 11.6 Å². The van der Waals surface area contributed by atoms with E-state index in [1.807, 2.05) is 19.2 Å². The molecule has 0 bridgehead atoms. The standard InChI is InChI=1S/C9H11ClN2.ClH/c1-11-9-3-2-8(10)6-4-12-5-7(6)9;/h2-3,11-12H,4-5H2,1H3;1H. The molecule has 0 atom stereocenters. The highest BCUT2D eigenvalue weighted by Crippen LogP contribution is 2.29. The maximum absolute atomic E-state index is 6.03. The Kier molecular flexibility index (Phi) is 3.42. The fraction of sp³-hybridized carbons (Fsp3) is 0.333. The van der Waals surface area contributed by atoms with Crippen molar-refractivity contribution in [2.24, 2.45) is 0 Å². The van der Waals surface area contributed by atoms with Crippen LogP contribution in [0.1, 0.15) is 11.1 Å². The van der Waals surface area contributed by atoms with Gasteiger partial charge in [-0.25, -0.2) is 0 Å². The highest BCUT2D eigenvalue weighted by molar-refractivity contribution is 6.31. The van der Waals surface area contributed by atoms with Crippen LogP contribution in [0.15, 0.2) is 12.1 Å². The molecular formula is C9H12Cl2N2. The van der Waals surface area contributed by atoms with Crippen LogP contribution in [0, 0.1) is 0 Å². The van der Waals surface area contributed by atoms with Gasteiger partial charge in [0.1, 0.15) is 0 Å². The number of halogens is 2. The molecule has 1 aliphatic heterocycles. The van der Waals surface area contributed by atoms with Crippen LogP contribution in [-0.4, -0.2) is 7.05 Å². The lowest BCUT2D eigenvalue weighted by Gasteiger charge is -2.07. The molecule has 0 unspecified atom stereocenters. The number of benzene rings is 1. The third-order valence-corrected chi connectivity index (χ3v) is 2.60. The van der Waals surface area contributed by atoms with Gasteiger partial charge in [-0.15, -0.1) is 12.4 Å². The number of nitrogens with one attached hydrogen (secondary N) is 2. The summed E-state index contributed by atoms with van der Waals surface area (Å²) in [6.45, 7) is 1.82. The Bertz CT molecular complexity index is 313. The highest BCUT2D eigenvalue weighted by Gasteiger charge is 2.16. The predicted octanol–water partition coefficient (Wildman–Crippen LogP) is 2.41. The third kappa shape index (κ3) is 1.75. The summed E-state index contributed by atoms with van der Waals surface area (Å²) >= 11 is 6.03. The van der Waals surface area contributed by atoms with Crippen molar-refractivity contribution >= 4 is 29.7 Å². The molecule has 1 aromatic rings. The molecule has 0 amide bonds. The van der Waals surface area contributed by atoms with Crippen molar-refractivity contribution in [3.8, 4) is 0 Å². The molecule has 0 saturated heterocycles. The first-order chi connectivity index (χ1) is 5.83. The number of hydrogen-bond acceptors (Lipinski definition) is 2. The summed E-state index contributed by atoms with van der Waals surface area (Å²) in [5, 5.41) is 7.30. The Morgan fingerprint density at radius 3 is 2.69 bits per heavy atom. The molecule has 0 aromatic heterocycles. The van der Waals surface area contributed by atoms with Crippen LogP contribution < -0.4 is 10.6 Å². The molecule has 0 radical (unpaired) electrons. The lowest BCUT2D eigenvalue weighted by atomic mass is 10.1. The first-order valence-electron chi connectivity index (χ1n) is 4.01. The molecule has 2 N–H and O–H groups in total. The maximum atomic E-state index is 6.03. The second kappa shape index (κ2) is 4.18. The van der Waals surface area contributed by atoms with Gasteiger partial charge in [0.2, 0.25) is 0 Å². The number of anilines is 1. The Labute approximate surface area is 89.1 Å². The molecule has 2 nitrogen and oxygen atoms in total. The van der Waals surface area contributed by atoms with E-state index in [9.17, 15) is 0 Å². The first kappa shape index (κ1) is 10.6. The van der Waals surface area contributed by atoms with Gasteiger partial charge in [0.05, 0.1) is 0 Å². The van der Waals surface area contributed by atoms with E-state index in [1.54, 1.807) is 0 Å². The van der Waals surface area contributed by atoms with Gasteiger partial charge in [-0.05, 0) is 23.3 Å². The quantitative estimate of drug-likeness (QED) is 0.757. The molecule has 4 heteroatoms. The second-order valence-corrected chi connectivity index (χ2v) is 3.31.